The predicted molar refractivity (Wildman–Crippen MR) is 113 cm³/mol. The average molecular weight is 406 g/mol. The Balaban J connectivity index is -0.000000749. The Labute approximate surface area is 196 Å². The molecule has 1 aromatic carbocycles. The number of benzene rings is 1. The molecule has 0 radical (unpaired) electrons. The van der Waals surface area contributed by atoms with Gasteiger partial charge in [-0.15, -0.1) is 0 Å². The summed E-state index contributed by atoms with van der Waals surface area (Å²) in [5.74, 6) is -0.0899. The number of para-hydroxylation sites is 2. The van der Waals surface area contributed by atoms with Gasteiger partial charge in [-0.3, -0.25) is 4.79 Å². The van der Waals surface area contributed by atoms with Crippen LogP contribution < -0.4 is 20.4 Å². The number of anilines is 2. The van der Waals surface area contributed by atoms with Crippen molar-refractivity contribution >= 4 is 23.3 Å². The van der Waals surface area contributed by atoms with Crippen LogP contribution in [-0.4, -0.2) is 45.2 Å². The number of carbonyl (C=O) groups is 2. The maximum atomic E-state index is 12.6. The van der Waals surface area contributed by atoms with E-state index in [-0.39, 0.29) is 49.7 Å². The van der Waals surface area contributed by atoms with Crippen LogP contribution in [0.15, 0.2) is 24.3 Å². The van der Waals surface area contributed by atoms with Gasteiger partial charge >= 0.3 is 6.03 Å². The number of hydrogen-bond acceptors (Lipinski definition) is 3. The standard InChI is InChI=1S/C14H20N4O2.3C2H6.Ar/c1-4-18-12-8-6-5-7-11(12)17(3)9-10(13(18)19)16-14(20)15-2;3*1-2;/h5-8,10H,4,9H2,1-3H3,(H2,15,16,20);3*1-2H3;. The first kappa shape index (κ1) is 30.7. The van der Waals surface area contributed by atoms with Crippen molar-refractivity contribution in [2.45, 2.75) is 54.5 Å². The fourth-order valence-corrected chi connectivity index (χ4v) is 2.44. The van der Waals surface area contributed by atoms with Crippen LogP contribution in [0.25, 0.3) is 0 Å². The fourth-order valence-electron chi connectivity index (χ4n) is 2.44. The molecule has 0 saturated heterocycles. The summed E-state index contributed by atoms with van der Waals surface area (Å²) in [6, 6.07) is 6.85. The second-order valence-electron chi connectivity index (χ2n) is 4.73. The van der Waals surface area contributed by atoms with Crippen molar-refractivity contribution in [1.82, 2.24) is 10.6 Å². The van der Waals surface area contributed by atoms with Crippen molar-refractivity contribution in [2.75, 3.05) is 37.0 Å². The van der Waals surface area contributed by atoms with Gasteiger partial charge in [0.1, 0.15) is 6.04 Å². The molecule has 158 valence electrons. The predicted octanol–water partition coefficient (Wildman–Crippen LogP) is 3.87. The first-order chi connectivity index (χ1) is 12.6. The Bertz CT molecular complexity index is 526. The van der Waals surface area contributed by atoms with Crippen molar-refractivity contribution in [3.8, 4) is 0 Å². The molecular weight excluding hydrogens is 368 g/mol. The monoisotopic (exact) mass is 406 g/mol. The van der Waals surface area contributed by atoms with Crippen LogP contribution in [0.4, 0.5) is 16.2 Å². The molecule has 1 unspecified atom stereocenters. The number of carbonyl (C=O) groups excluding carboxylic acids is 2. The minimum Gasteiger partial charge on any atom is -0.370 e. The Hall–Kier alpha value is -0.980. The van der Waals surface area contributed by atoms with Crippen LogP contribution in [0.3, 0.4) is 0 Å². The molecule has 1 aromatic rings. The van der Waals surface area contributed by atoms with E-state index in [2.05, 4.69) is 10.6 Å². The summed E-state index contributed by atoms with van der Waals surface area (Å²) >= 11 is 0. The minimum absolute atomic E-state index is 0. The number of likely N-dealkylation sites (N-methyl/N-ethyl adjacent to an activating group) is 2. The molecule has 0 aromatic heterocycles. The van der Waals surface area contributed by atoms with Gasteiger partial charge in [0.05, 0.1) is 11.4 Å². The quantitative estimate of drug-likeness (QED) is 0.784. The molecule has 0 bridgehead atoms. The largest absolute Gasteiger partial charge is 0.370 e. The first-order valence-electron chi connectivity index (χ1n) is 9.68. The zero-order valence-corrected chi connectivity index (χ0v) is 19.1. The van der Waals surface area contributed by atoms with Crippen LogP contribution in [0.1, 0.15) is 48.5 Å². The second-order valence-corrected chi connectivity index (χ2v) is 4.73. The molecule has 0 spiro atoms. The molecular formula is C20H38ArN4O2. The molecule has 1 heterocycles. The van der Waals surface area contributed by atoms with Crippen LogP contribution in [0.5, 0.6) is 0 Å². The fraction of sp³-hybridized carbons (Fsp3) is 0.600. The summed E-state index contributed by atoms with van der Waals surface area (Å²) in [6.45, 7) is 14.9. The van der Waals surface area contributed by atoms with Crippen LogP contribution in [0, 0.1) is 37.7 Å². The van der Waals surface area contributed by atoms with Gasteiger partial charge in [0.2, 0.25) is 0 Å². The molecule has 1 aliphatic rings. The van der Waals surface area contributed by atoms with Gasteiger partial charge in [-0.2, -0.15) is 0 Å². The maximum absolute atomic E-state index is 12.6. The number of nitrogens with one attached hydrogen (secondary N) is 2. The van der Waals surface area contributed by atoms with Gasteiger partial charge in [0.25, 0.3) is 5.91 Å². The number of fused-ring (bicyclic) bond motifs is 1. The summed E-state index contributed by atoms with van der Waals surface area (Å²) in [5, 5.41) is 5.19. The Kier molecular flexibility index (Phi) is 20.9. The molecule has 0 aliphatic carbocycles. The first-order valence-corrected chi connectivity index (χ1v) is 9.68. The number of amides is 3. The van der Waals surface area contributed by atoms with Crippen molar-refractivity contribution in [1.29, 1.82) is 0 Å². The van der Waals surface area contributed by atoms with Crippen molar-refractivity contribution < 1.29 is 47.3 Å². The van der Waals surface area contributed by atoms with E-state index in [1.54, 1.807) is 4.90 Å². The molecule has 6 nitrogen and oxygen atoms in total. The summed E-state index contributed by atoms with van der Waals surface area (Å²) in [6.07, 6.45) is 0. The minimum atomic E-state index is -0.563. The van der Waals surface area contributed by atoms with E-state index in [1.807, 2.05) is 84.7 Å². The maximum Gasteiger partial charge on any atom is 0.315 e. The molecule has 0 saturated carbocycles. The average Bonchev–Trinajstić information content (AvgIpc) is 2.81. The van der Waals surface area contributed by atoms with Crippen molar-refractivity contribution in [2.24, 2.45) is 0 Å². The van der Waals surface area contributed by atoms with Crippen molar-refractivity contribution in [3.63, 3.8) is 0 Å². The van der Waals surface area contributed by atoms with E-state index >= 15 is 0 Å². The van der Waals surface area contributed by atoms with Gasteiger partial charge in [0.15, 0.2) is 0 Å². The normalized spacial score (nSPS) is 14.3. The van der Waals surface area contributed by atoms with Gasteiger partial charge < -0.3 is 20.4 Å². The van der Waals surface area contributed by atoms with Gasteiger partial charge in [-0.25, -0.2) is 4.79 Å². The van der Waals surface area contributed by atoms with E-state index < -0.39 is 6.04 Å². The van der Waals surface area contributed by atoms with Gasteiger partial charge in [0, 0.05) is 64.9 Å². The number of hydrogen-bond donors (Lipinski definition) is 2. The summed E-state index contributed by atoms with van der Waals surface area (Å²) in [7, 11) is 3.45. The molecule has 0 fully saturated rings. The molecule has 2 N–H and O–H groups in total. The number of rotatable bonds is 2. The number of nitrogens with zero attached hydrogens (tertiary/aromatic N) is 2. The molecule has 3 amide bonds. The van der Waals surface area contributed by atoms with E-state index in [4.69, 9.17) is 0 Å². The molecule has 2 rings (SSSR count). The van der Waals surface area contributed by atoms with E-state index in [0.29, 0.717) is 13.1 Å². The van der Waals surface area contributed by atoms with Crippen molar-refractivity contribution in [3.05, 3.63) is 24.3 Å². The molecule has 1 aliphatic heterocycles. The zero-order valence-electron chi connectivity index (χ0n) is 18.4. The second kappa shape index (κ2) is 18.4. The van der Waals surface area contributed by atoms with E-state index in [1.165, 1.54) is 7.05 Å². The summed E-state index contributed by atoms with van der Waals surface area (Å²) in [4.78, 5) is 27.8. The smallest absolute Gasteiger partial charge is 0.315 e. The SMILES string of the molecule is CC.CC.CC.CCN1C(=O)C(NC(=O)NC)CN(C)c2ccccc21.[Ar]. The van der Waals surface area contributed by atoms with Gasteiger partial charge in [-0.05, 0) is 19.1 Å². The summed E-state index contributed by atoms with van der Waals surface area (Å²) in [5.41, 5.74) is 1.87. The third kappa shape index (κ3) is 9.17. The Morgan fingerprint density at radius 2 is 1.56 bits per heavy atom. The molecule has 1 atom stereocenters. The third-order valence-corrected chi connectivity index (χ3v) is 3.45. The van der Waals surface area contributed by atoms with Gasteiger partial charge in [-0.1, -0.05) is 53.7 Å². The third-order valence-electron chi connectivity index (χ3n) is 3.45. The molecule has 7 heteroatoms. The van der Waals surface area contributed by atoms with E-state index in [9.17, 15) is 9.59 Å². The topological polar surface area (TPSA) is 64.7 Å². The number of urea groups is 1. The molecule has 27 heavy (non-hydrogen) atoms. The Morgan fingerprint density at radius 1 is 1.07 bits per heavy atom. The van der Waals surface area contributed by atoms with Crippen LogP contribution in [-0.2, 0) is 4.79 Å². The van der Waals surface area contributed by atoms with Crippen LogP contribution in [0.2, 0.25) is 0 Å². The summed E-state index contributed by atoms with van der Waals surface area (Å²) < 4.78 is 0. The van der Waals surface area contributed by atoms with Crippen LogP contribution >= 0.6 is 0 Å². The van der Waals surface area contributed by atoms with E-state index in [0.717, 1.165) is 11.4 Å². The Morgan fingerprint density at radius 3 is 2.00 bits per heavy atom. The zero-order chi connectivity index (χ0) is 20.7.